The summed E-state index contributed by atoms with van der Waals surface area (Å²) in [5, 5.41) is 12.3. The second-order valence-corrected chi connectivity index (χ2v) is 6.47. The summed E-state index contributed by atoms with van der Waals surface area (Å²) in [5.41, 5.74) is 2.22. The first kappa shape index (κ1) is 18.1. The van der Waals surface area contributed by atoms with Crippen LogP contribution in [-0.2, 0) is 4.79 Å². The van der Waals surface area contributed by atoms with Crippen molar-refractivity contribution in [1.82, 2.24) is 0 Å². The Balaban J connectivity index is 2.26. The predicted molar refractivity (Wildman–Crippen MR) is 102 cm³/mol. The standard InChI is InChI=1S/C18H15BrClN3O/c1-23(2)17-8-7-12(10-14(17)19)9-13(11-21)18(24)22-16-6-4-3-5-15(16)20/h3-10H,1-2H3,(H,22,24)/b13-9-. The minimum Gasteiger partial charge on any atom is -0.377 e. The smallest absolute Gasteiger partial charge is 0.266 e. The van der Waals surface area contributed by atoms with E-state index in [-0.39, 0.29) is 5.57 Å². The van der Waals surface area contributed by atoms with Gasteiger partial charge in [0.05, 0.1) is 16.4 Å². The van der Waals surface area contributed by atoms with E-state index >= 15 is 0 Å². The fourth-order valence-corrected chi connectivity index (χ4v) is 2.98. The van der Waals surface area contributed by atoms with Crippen molar-refractivity contribution in [1.29, 1.82) is 5.26 Å². The molecule has 0 saturated heterocycles. The molecule has 0 radical (unpaired) electrons. The van der Waals surface area contributed by atoms with Crippen molar-refractivity contribution in [2.75, 3.05) is 24.3 Å². The topological polar surface area (TPSA) is 56.1 Å². The minimum atomic E-state index is -0.501. The number of hydrogen-bond donors (Lipinski definition) is 1. The highest BCUT2D eigenvalue weighted by molar-refractivity contribution is 9.10. The zero-order valence-electron chi connectivity index (χ0n) is 13.2. The quantitative estimate of drug-likeness (QED) is 0.593. The van der Waals surface area contributed by atoms with E-state index in [2.05, 4.69) is 21.2 Å². The first-order valence-electron chi connectivity index (χ1n) is 7.07. The lowest BCUT2D eigenvalue weighted by atomic mass is 10.1. The molecule has 1 N–H and O–H groups in total. The fourth-order valence-electron chi connectivity index (χ4n) is 2.04. The van der Waals surface area contributed by atoms with Crippen molar-refractivity contribution in [3.05, 3.63) is 63.1 Å². The first-order chi connectivity index (χ1) is 11.4. The van der Waals surface area contributed by atoms with Gasteiger partial charge < -0.3 is 10.2 Å². The van der Waals surface area contributed by atoms with E-state index in [1.165, 1.54) is 6.08 Å². The number of rotatable bonds is 4. The van der Waals surface area contributed by atoms with E-state index in [4.69, 9.17) is 11.6 Å². The van der Waals surface area contributed by atoms with Crippen LogP contribution in [0.5, 0.6) is 0 Å². The van der Waals surface area contributed by atoms with Gasteiger partial charge in [0.2, 0.25) is 0 Å². The molecule has 2 aromatic carbocycles. The highest BCUT2D eigenvalue weighted by Gasteiger charge is 2.12. The highest BCUT2D eigenvalue weighted by atomic mass is 79.9. The van der Waals surface area contributed by atoms with Crippen LogP contribution in [0.4, 0.5) is 11.4 Å². The van der Waals surface area contributed by atoms with Gasteiger partial charge in [-0.15, -0.1) is 0 Å². The molecule has 0 bridgehead atoms. The first-order valence-corrected chi connectivity index (χ1v) is 8.24. The molecule has 0 unspecified atom stereocenters. The third-order valence-corrected chi connectivity index (χ3v) is 4.22. The number of carbonyl (C=O) groups is 1. The fraction of sp³-hybridized carbons (Fsp3) is 0.111. The third kappa shape index (κ3) is 4.38. The molecule has 0 spiro atoms. The zero-order valence-corrected chi connectivity index (χ0v) is 15.5. The van der Waals surface area contributed by atoms with Gasteiger partial charge in [0, 0.05) is 18.6 Å². The Kier molecular flexibility index (Phi) is 6.02. The number of carbonyl (C=O) groups excluding carboxylic acids is 1. The van der Waals surface area contributed by atoms with Crippen LogP contribution in [0, 0.1) is 11.3 Å². The molecule has 4 nitrogen and oxygen atoms in total. The molecular weight excluding hydrogens is 390 g/mol. The number of benzene rings is 2. The van der Waals surface area contributed by atoms with Crippen molar-refractivity contribution in [3.63, 3.8) is 0 Å². The summed E-state index contributed by atoms with van der Waals surface area (Å²) in [6.45, 7) is 0. The normalized spacial score (nSPS) is 10.9. The van der Waals surface area contributed by atoms with Crippen LogP contribution in [0.15, 0.2) is 52.5 Å². The molecule has 0 atom stereocenters. The van der Waals surface area contributed by atoms with E-state index < -0.39 is 5.91 Å². The maximum absolute atomic E-state index is 12.3. The number of amides is 1. The van der Waals surface area contributed by atoms with Gasteiger partial charge in [-0.25, -0.2) is 0 Å². The molecule has 122 valence electrons. The average Bonchev–Trinajstić information content (AvgIpc) is 2.54. The Hall–Kier alpha value is -2.29. The maximum Gasteiger partial charge on any atom is 0.266 e. The lowest BCUT2D eigenvalue weighted by Crippen LogP contribution is -2.13. The van der Waals surface area contributed by atoms with Crippen LogP contribution in [0.25, 0.3) is 6.08 Å². The number of hydrogen-bond acceptors (Lipinski definition) is 3. The van der Waals surface area contributed by atoms with E-state index in [9.17, 15) is 10.1 Å². The predicted octanol–water partition coefficient (Wildman–Crippen LogP) is 4.71. The average molecular weight is 405 g/mol. The second kappa shape index (κ2) is 8.00. The van der Waals surface area contributed by atoms with Gasteiger partial charge in [-0.1, -0.05) is 29.8 Å². The molecular formula is C18H15BrClN3O. The molecule has 0 heterocycles. The molecule has 0 aliphatic heterocycles. The van der Waals surface area contributed by atoms with Crippen LogP contribution in [-0.4, -0.2) is 20.0 Å². The zero-order chi connectivity index (χ0) is 17.7. The van der Waals surface area contributed by atoms with Crippen molar-refractivity contribution >= 4 is 50.9 Å². The lowest BCUT2D eigenvalue weighted by Gasteiger charge is -2.14. The Bertz CT molecular complexity index is 840. The van der Waals surface area contributed by atoms with Gasteiger partial charge in [0.15, 0.2) is 0 Å². The molecule has 0 aromatic heterocycles. The summed E-state index contributed by atoms with van der Waals surface area (Å²) in [6.07, 6.45) is 1.54. The van der Waals surface area contributed by atoms with E-state index in [0.717, 1.165) is 15.7 Å². The summed E-state index contributed by atoms with van der Waals surface area (Å²) in [5.74, 6) is -0.501. The van der Waals surface area contributed by atoms with Crippen molar-refractivity contribution in [2.24, 2.45) is 0 Å². The molecule has 6 heteroatoms. The van der Waals surface area contributed by atoms with Crippen molar-refractivity contribution in [3.8, 4) is 6.07 Å². The molecule has 2 rings (SSSR count). The van der Waals surface area contributed by atoms with Crippen molar-refractivity contribution < 1.29 is 4.79 Å². The Morgan fingerprint density at radius 1 is 1.29 bits per heavy atom. The van der Waals surface area contributed by atoms with E-state index in [0.29, 0.717) is 10.7 Å². The SMILES string of the molecule is CN(C)c1ccc(/C=C(/C#N)C(=O)Nc2ccccc2Cl)cc1Br. The minimum absolute atomic E-state index is 0.000534. The molecule has 24 heavy (non-hydrogen) atoms. The van der Waals surface area contributed by atoms with Gasteiger partial charge in [0.1, 0.15) is 11.6 Å². The Labute approximate surface area is 154 Å². The van der Waals surface area contributed by atoms with Crippen LogP contribution < -0.4 is 10.2 Å². The summed E-state index contributed by atoms with van der Waals surface area (Å²) >= 11 is 9.50. The second-order valence-electron chi connectivity index (χ2n) is 5.21. The van der Waals surface area contributed by atoms with Gasteiger partial charge in [-0.3, -0.25) is 4.79 Å². The van der Waals surface area contributed by atoms with Gasteiger partial charge >= 0.3 is 0 Å². The van der Waals surface area contributed by atoms with Crippen LogP contribution in [0.1, 0.15) is 5.56 Å². The number of halogens is 2. The monoisotopic (exact) mass is 403 g/mol. The molecule has 0 aliphatic rings. The Morgan fingerprint density at radius 2 is 2.00 bits per heavy atom. The number of nitrogens with zero attached hydrogens (tertiary/aromatic N) is 2. The van der Waals surface area contributed by atoms with Crippen LogP contribution >= 0.6 is 27.5 Å². The van der Waals surface area contributed by atoms with Crippen molar-refractivity contribution in [2.45, 2.75) is 0 Å². The van der Waals surface area contributed by atoms with Crippen LogP contribution in [0.3, 0.4) is 0 Å². The third-order valence-electron chi connectivity index (χ3n) is 3.25. The highest BCUT2D eigenvalue weighted by Crippen LogP contribution is 2.27. The lowest BCUT2D eigenvalue weighted by molar-refractivity contribution is -0.112. The molecule has 0 fully saturated rings. The largest absolute Gasteiger partial charge is 0.377 e. The number of anilines is 2. The van der Waals surface area contributed by atoms with Gasteiger partial charge in [-0.2, -0.15) is 5.26 Å². The Morgan fingerprint density at radius 3 is 2.58 bits per heavy atom. The van der Waals surface area contributed by atoms with Gasteiger partial charge in [-0.05, 0) is 51.8 Å². The van der Waals surface area contributed by atoms with Gasteiger partial charge in [0.25, 0.3) is 5.91 Å². The molecule has 0 aliphatic carbocycles. The molecule has 1 amide bonds. The summed E-state index contributed by atoms with van der Waals surface area (Å²) < 4.78 is 0.880. The summed E-state index contributed by atoms with van der Waals surface area (Å²) in [4.78, 5) is 14.2. The summed E-state index contributed by atoms with van der Waals surface area (Å²) in [6, 6.07) is 14.4. The number of nitriles is 1. The number of nitrogens with one attached hydrogen (secondary N) is 1. The molecule has 2 aromatic rings. The van der Waals surface area contributed by atoms with E-state index in [1.807, 2.05) is 43.3 Å². The number of para-hydroxylation sites is 1. The maximum atomic E-state index is 12.3. The molecule has 0 saturated carbocycles. The van der Waals surface area contributed by atoms with Crippen LogP contribution in [0.2, 0.25) is 5.02 Å². The summed E-state index contributed by atoms with van der Waals surface area (Å²) in [7, 11) is 3.88. The van der Waals surface area contributed by atoms with E-state index in [1.54, 1.807) is 24.3 Å².